The highest BCUT2D eigenvalue weighted by Crippen LogP contribution is 2.50. The second kappa shape index (κ2) is 9.37. The summed E-state index contributed by atoms with van der Waals surface area (Å²) in [5.41, 5.74) is 12.6. The number of rotatable bonds is 1. The van der Waals surface area contributed by atoms with E-state index in [-0.39, 0.29) is 5.43 Å². The molecule has 0 aliphatic heterocycles. The van der Waals surface area contributed by atoms with Crippen LogP contribution in [0.2, 0.25) is 0 Å². The Hall–Kier alpha value is -6.26. The number of benzene rings is 6. The van der Waals surface area contributed by atoms with E-state index in [0.717, 1.165) is 61.4 Å². The van der Waals surface area contributed by atoms with Crippen molar-refractivity contribution >= 4 is 43.7 Å². The molecule has 6 aromatic carbocycles. The lowest BCUT2D eigenvalue weighted by molar-refractivity contribution is 0.660. The van der Waals surface area contributed by atoms with Gasteiger partial charge in [0.05, 0.1) is 33.2 Å². The molecule has 3 aromatic heterocycles. The second-order valence-electron chi connectivity index (χ2n) is 11.8. The van der Waals surface area contributed by atoms with E-state index in [1.807, 2.05) is 48.7 Å². The molecule has 0 N–H and O–H groups in total. The molecule has 3 heterocycles. The Morgan fingerprint density at radius 2 is 1.13 bits per heavy atom. The van der Waals surface area contributed by atoms with Crippen molar-refractivity contribution in [3.63, 3.8) is 0 Å². The third-order valence-electron chi connectivity index (χ3n) is 9.42. The van der Waals surface area contributed by atoms with Crippen LogP contribution in [-0.4, -0.2) is 9.55 Å². The summed E-state index contributed by atoms with van der Waals surface area (Å²) >= 11 is 0. The second-order valence-corrected chi connectivity index (χ2v) is 11.8. The minimum atomic E-state index is -0.0354. The molecule has 10 rings (SSSR count). The van der Waals surface area contributed by atoms with E-state index in [4.69, 9.17) is 9.40 Å². The molecular weight excluding hydrogens is 564 g/mol. The fourth-order valence-electron chi connectivity index (χ4n) is 7.46. The van der Waals surface area contributed by atoms with Gasteiger partial charge in [-0.3, -0.25) is 9.78 Å². The number of fused-ring (bicyclic) bond motifs is 13. The average Bonchev–Trinajstić information content (AvgIpc) is 3.45. The molecule has 0 saturated carbocycles. The maximum atomic E-state index is 13.9. The lowest BCUT2D eigenvalue weighted by Gasteiger charge is -2.25. The Morgan fingerprint density at radius 3 is 1.93 bits per heavy atom. The summed E-state index contributed by atoms with van der Waals surface area (Å²) in [6.07, 6.45) is 1.84. The summed E-state index contributed by atoms with van der Waals surface area (Å²) in [6, 6.07) is 47.9. The van der Waals surface area contributed by atoms with Crippen molar-refractivity contribution in [1.82, 2.24) is 9.55 Å². The molecule has 46 heavy (non-hydrogen) atoms. The first-order chi connectivity index (χ1) is 22.8. The molecule has 0 fully saturated rings. The molecule has 0 unspecified atom stereocenters. The summed E-state index contributed by atoms with van der Waals surface area (Å²) in [5.74, 6) is 0. The molecule has 0 saturated heterocycles. The predicted molar refractivity (Wildman–Crippen MR) is 187 cm³/mol. The van der Waals surface area contributed by atoms with Crippen molar-refractivity contribution in [2.45, 2.75) is 0 Å². The maximum absolute atomic E-state index is 13.9. The maximum Gasteiger partial charge on any atom is 0.200 e. The zero-order chi connectivity index (χ0) is 30.4. The fraction of sp³-hybridized carbons (Fsp3) is 0. The smallest absolute Gasteiger partial charge is 0.200 e. The van der Waals surface area contributed by atoms with Crippen LogP contribution in [-0.2, 0) is 0 Å². The van der Waals surface area contributed by atoms with E-state index < -0.39 is 0 Å². The lowest BCUT2D eigenvalue weighted by Crippen LogP contribution is -2.06. The van der Waals surface area contributed by atoms with Crippen LogP contribution in [0.4, 0.5) is 0 Å². The number of pyridine rings is 1. The van der Waals surface area contributed by atoms with Crippen LogP contribution in [0.5, 0.6) is 0 Å². The highest BCUT2D eigenvalue weighted by atomic mass is 16.3. The largest absolute Gasteiger partial charge is 0.456 e. The Balaban J connectivity index is 1.38. The molecule has 1 aliphatic rings. The topological polar surface area (TPSA) is 48.0 Å². The predicted octanol–water partition coefficient (Wildman–Crippen LogP) is 10.4. The van der Waals surface area contributed by atoms with Gasteiger partial charge in [-0.05, 0) is 70.8 Å². The van der Waals surface area contributed by atoms with Gasteiger partial charge in [0.25, 0.3) is 0 Å². The first-order valence-electron chi connectivity index (χ1n) is 15.4. The molecule has 4 nitrogen and oxygen atoms in total. The summed E-state index contributed by atoms with van der Waals surface area (Å²) in [7, 11) is 0. The highest BCUT2D eigenvalue weighted by molar-refractivity contribution is 6.12. The molecule has 214 valence electrons. The molecule has 0 bridgehead atoms. The number of hydrogen-bond donors (Lipinski definition) is 0. The van der Waals surface area contributed by atoms with Crippen LogP contribution in [0.15, 0.2) is 155 Å². The van der Waals surface area contributed by atoms with E-state index in [1.54, 1.807) is 0 Å². The van der Waals surface area contributed by atoms with E-state index in [0.29, 0.717) is 21.9 Å². The molecule has 4 heteroatoms. The number of nitrogens with zero attached hydrogens (tertiary/aromatic N) is 2. The summed E-state index contributed by atoms with van der Waals surface area (Å²) in [4.78, 5) is 18.9. The van der Waals surface area contributed by atoms with Gasteiger partial charge in [-0.15, -0.1) is 0 Å². The minimum absolute atomic E-state index is 0.0354. The number of hydrogen-bond acceptors (Lipinski definition) is 3. The van der Waals surface area contributed by atoms with Gasteiger partial charge >= 0.3 is 0 Å². The van der Waals surface area contributed by atoms with Gasteiger partial charge < -0.3 is 8.98 Å². The Kier molecular flexibility index (Phi) is 5.11. The molecular formula is C42H24N2O2. The van der Waals surface area contributed by atoms with Gasteiger partial charge in [0.1, 0.15) is 11.2 Å². The van der Waals surface area contributed by atoms with Crippen molar-refractivity contribution < 1.29 is 4.42 Å². The molecule has 0 spiro atoms. The normalized spacial score (nSPS) is 12.0. The molecule has 0 radical (unpaired) electrons. The van der Waals surface area contributed by atoms with Crippen LogP contribution >= 0.6 is 0 Å². The van der Waals surface area contributed by atoms with Crippen molar-refractivity contribution in [3.8, 4) is 50.3 Å². The van der Waals surface area contributed by atoms with Crippen molar-refractivity contribution in [1.29, 1.82) is 0 Å². The molecule has 0 atom stereocenters. The first-order valence-corrected chi connectivity index (χ1v) is 15.4. The van der Waals surface area contributed by atoms with Gasteiger partial charge in [0.2, 0.25) is 5.43 Å². The lowest BCUT2D eigenvalue weighted by atomic mass is 9.81. The van der Waals surface area contributed by atoms with Crippen LogP contribution in [0, 0.1) is 0 Å². The fourth-order valence-corrected chi connectivity index (χ4v) is 7.46. The van der Waals surface area contributed by atoms with Gasteiger partial charge in [-0.25, -0.2) is 0 Å². The zero-order valence-corrected chi connectivity index (χ0v) is 24.6. The van der Waals surface area contributed by atoms with Crippen LogP contribution in [0.1, 0.15) is 0 Å². The Bertz CT molecular complexity index is 2730. The van der Waals surface area contributed by atoms with Crippen LogP contribution in [0.25, 0.3) is 94.1 Å². The molecule has 0 amide bonds. The van der Waals surface area contributed by atoms with Gasteiger partial charge in [0.15, 0.2) is 0 Å². The summed E-state index contributed by atoms with van der Waals surface area (Å²) < 4.78 is 8.75. The van der Waals surface area contributed by atoms with Crippen molar-refractivity contribution in [2.75, 3.05) is 0 Å². The van der Waals surface area contributed by atoms with Crippen molar-refractivity contribution in [2.24, 2.45) is 0 Å². The van der Waals surface area contributed by atoms with Crippen LogP contribution < -0.4 is 5.43 Å². The molecule has 9 aromatic rings. The Labute approximate surface area is 263 Å². The zero-order valence-electron chi connectivity index (χ0n) is 24.6. The van der Waals surface area contributed by atoms with Crippen molar-refractivity contribution in [3.05, 3.63) is 156 Å². The standard InChI is InChI=1S/C42H24N2O2/c45-42-31-15-5-8-21-38(31)46-39-24-33-32(23-34(39)42)25-11-1-2-14-28(25)40-29(30-17-10-22-43-41(30)33)16-9-20-37(40)44-35-18-6-3-12-26(35)27-13-4-7-19-36(27)44/h1-24H. The van der Waals surface area contributed by atoms with Gasteiger partial charge in [-0.1, -0.05) is 91.0 Å². The monoisotopic (exact) mass is 588 g/mol. The number of aromatic nitrogens is 2. The van der Waals surface area contributed by atoms with Gasteiger partial charge in [-0.2, -0.15) is 0 Å². The summed E-state index contributed by atoms with van der Waals surface area (Å²) in [6.45, 7) is 0. The van der Waals surface area contributed by atoms with Crippen LogP contribution in [0.3, 0.4) is 0 Å². The highest BCUT2D eigenvalue weighted by Gasteiger charge is 2.27. The SMILES string of the molecule is O=c1c2ccccc2oc2cc3c(cc12)-c1ccccc1-c1c(cccc1-n1c2ccccc2c2ccccc21)-c1cccnc1-3. The van der Waals surface area contributed by atoms with E-state index >= 15 is 0 Å². The first kappa shape index (κ1) is 25.1. The minimum Gasteiger partial charge on any atom is -0.456 e. The summed E-state index contributed by atoms with van der Waals surface area (Å²) in [5, 5.41) is 3.56. The average molecular weight is 589 g/mol. The van der Waals surface area contributed by atoms with E-state index in [9.17, 15) is 4.79 Å². The van der Waals surface area contributed by atoms with E-state index in [1.165, 1.54) is 10.8 Å². The van der Waals surface area contributed by atoms with E-state index in [2.05, 4.69) is 102 Å². The number of para-hydroxylation sites is 3. The third kappa shape index (κ3) is 3.38. The quantitative estimate of drug-likeness (QED) is 0.179. The Morgan fingerprint density at radius 1 is 0.478 bits per heavy atom. The molecule has 1 aliphatic carbocycles. The third-order valence-corrected chi connectivity index (χ3v) is 9.42. The van der Waals surface area contributed by atoms with Gasteiger partial charge in [0, 0.05) is 33.7 Å².